The van der Waals surface area contributed by atoms with Crippen LogP contribution in [0.1, 0.15) is 28.4 Å². The van der Waals surface area contributed by atoms with Crippen LogP contribution in [-0.2, 0) is 13.2 Å². The van der Waals surface area contributed by atoms with Crippen molar-refractivity contribution < 1.29 is 14.6 Å². The normalized spacial score (nSPS) is 11.9. The Labute approximate surface area is 177 Å². The van der Waals surface area contributed by atoms with Gasteiger partial charge in [0.1, 0.15) is 6.61 Å². The summed E-state index contributed by atoms with van der Waals surface area (Å²) in [4.78, 5) is 0. The van der Waals surface area contributed by atoms with Crippen LogP contribution in [0.4, 0.5) is 0 Å². The molecule has 0 saturated heterocycles. The highest BCUT2D eigenvalue weighted by Gasteiger charge is 2.13. The molecule has 3 rings (SSSR count). The Morgan fingerprint density at radius 2 is 1.79 bits per heavy atom. The van der Waals surface area contributed by atoms with Crippen LogP contribution >= 0.6 is 11.6 Å². The molecule has 3 aromatic carbocycles. The Kier molecular flexibility index (Phi) is 7.53. The van der Waals surface area contributed by atoms with E-state index in [1.165, 1.54) is 5.56 Å². The fourth-order valence-electron chi connectivity index (χ4n) is 3.12. The van der Waals surface area contributed by atoms with Gasteiger partial charge in [0.15, 0.2) is 11.5 Å². The van der Waals surface area contributed by atoms with Crippen LogP contribution in [0.2, 0.25) is 5.02 Å². The zero-order chi connectivity index (χ0) is 20.6. The van der Waals surface area contributed by atoms with Gasteiger partial charge in [-0.25, -0.2) is 0 Å². The van der Waals surface area contributed by atoms with Crippen molar-refractivity contribution in [1.29, 1.82) is 0 Å². The number of nitrogens with one attached hydrogen (secondary N) is 1. The summed E-state index contributed by atoms with van der Waals surface area (Å²) in [5, 5.41) is 14.0. The molecule has 29 heavy (non-hydrogen) atoms. The van der Waals surface area contributed by atoms with E-state index in [2.05, 4.69) is 11.4 Å². The molecule has 0 radical (unpaired) electrons. The Morgan fingerprint density at radius 3 is 2.52 bits per heavy atom. The van der Waals surface area contributed by atoms with Gasteiger partial charge in [-0.1, -0.05) is 71.8 Å². The van der Waals surface area contributed by atoms with E-state index in [1.807, 2.05) is 67.6 Å². The molecule has 3 aromatic rings. The number of ether oxygens (including phenoxy) is 2. The summed E-state index contributed by atoms with van der Waals surface area (Å²) in [6.07, 6.45) is -0.564. The van der Waals surface area contributed by atoms with E-state index in [0.29, 0.717) is 36.2 Å². The highest BCUT2D eigenvalue weighted by molar-refractivity contribution is 6.32. The van der Waals surface area contributed by atoms with Gasteiger partial charge in [0.25, 0.3) is 0 Å². The summed E-state index contributed by atoms with van der Waals surface area (Å²) in [5.74, 6) is 1.12. The first-order chi connectivity index (χ1) is 14.1. The average molecular weight is 412 g/mol. The van der Waals surface area contributed by atoms with Crippen molar-refractivity contribution >= 4 is 11.6 Å². The highest BCUT2D eigenvalue weighted by atomic mass is 35.5. The van der Waals surface area contributed by atoms with E-state index in [1.54, 1.807) is 7.11 Å². The smallest absolute Gasteiger partial charge is 0.180 e. The lowest BCUT2D eigenvalue weighted by Crippen LogP contribution is -2.21. The minimum Gasteiger partial charge on any atom is -0.493 e. The fraction of sp³-hybridized carbons (Fsp3) is 0.250. The molecular weight excluding hydrogens is 386 g/mol. The van der Waals surface area contributed by atoms with Crippen LogP contribution in [-0.4, -0.2) is 18.8 Å². The largest absolute Gasteiger partial charge is 0.493 e. The molecule has 0 unspecified atom stereocenters. The SMILES string of the molecule is COc1cc(CNC[C@H](O)c2ccccc2)cc(Cl)c1OCc1cccc(C)c1. The van der Waals surface area contributed by atoms with E-state index in [4.69, 9.17) is 21.1 Å². The minimum atomic E-state index is -0.564. The topological polar surface area (TPSA) is 50.7 Å². The maximum atomic E-state index is 10.3. The van der Waals surface area contributed by atoms with Gasteiger partial charge in [-0.05, 0) is 35.7 Å². The lowest BCUT2D eigenvalue weighted by Gasteiger charge is -2.16. The third-order valence-electron chi connectivity index (χ3n) is 4.61. The zero-order valence-corrected chi connectivity index (χ0v) is 17.4. The molecule has 0 spiro atoms. The van der Waals surface area contributed by atoms with E-state index in [-0.39, 0.29) is 0 Å². The highest BCUT2D eigenvalue weighted by Crippen LogP contribution is 2.37. The maximum absolute atomic E-state index is 10.3. The predicted molar refractivity (Wildman–Crippen MR) is 117 cm³/mol. The number of methoxy groups -OCH3 is 1. The van der Waals surface area contributed by atoms with E-state index < -0.39 is 6.10 Å². The van der Waals surface area contributed by atoms with Crippen LogP contribution in [0, 0.1) is 6.92 Å². The van der Waals surface area contributed by atoms with Crippen molar-refractivity contribution in [3.8, 4) is 11.5 Å². The number of hydrogen-bond acceptors (Lipinski definition) is 4. The van der Waals surface area contributed by atoms with Gasteiger partial charge in [0.2, 0.25) is 0 Å². The van der Waals surface area contributed by atoms with Crippen LogP contribution in [0.25, 0.3) is 0 Å². The number of aryl methyl sites for hydroxylation is 1. The zero-order valence-electron chi connectivity index (χ0n) is 16.7. The van der Waals surface area contributed by atoms with Crippen molar-refractivity contribution in [2.75, 3.05) is 13.7 Å². The fourth-order valence-corrected chi connectivity index (χ4v) is 3.41. The molecule has 0 heterocycles. The van der Waals surface area contributed by atoms with Gasteiger partial charge in [-0.15, -0.1) is 0 Å². The van der Waals surface area contributed by atoms with E-state index in [0.717, 1.165) is 16.7 Å². The van der Waals surface area contributed by atoms with Crippen LogP contribution < -0.4 is 14.8 Å². The number of benzene rings is 3. The summed E-state index contributed by atoms with van der Waals surface area (Å²) >= 11 is 6.47. The predicted octanol–water partition coefficient (Wildman–Crippen LogP) is 5.06. The third-order valence-corrected chi connectivity index (χ3v) is 4.89. The molecule has 5 heteroatoms. The molecule has 0 aliphatic heterocycles. The average Bonchev–Trinajstić information content (AvgIpc) is 2.73. The monoisotopic (exact) mass is 411 g/mol. The Balaban J connectivity index is 1.61. The Hall–Kier alpha value is -2.53. The summed E-state index contributed by atoms with van der Waals surface area (Å²) in [7, 11) is 1.60. The molecule has 0 saturated carbocycles. The number of aliphatic hydroxyl groups excluding tert-OH is 1. The molecular formula is C24H26ClNO3. The molecule has 0 amide bonds. The van der Waals surface area contributed by atoms with Gasteiger partial charge < -0.3 is 19.9 Å². The molecule has 0 aromatic heterocycles. The number of hydrogen-bond donors (Lipinski definition) is 2. The van der Waals surface area contributed by atoms with Crippen molar-refractivity contribution in [3.63, 3.8) is 0 Å². The molecule has 0 fully saturated rings. The Morgan fingerprint density at radius 1 is 1.00 bits per heavy atom. The second kappa shape index (κ2) is 10.3. The van der Waals surface area contributed by atoms with Gasteiger partial charge in [-0.2, -0.15) is 0 Å². The first kappa shape index (κ1) is 21.2. The van der Waals surface area contributed by atoms with Gasteiger partial charge in [-0.3, -0.25) is 0 Å². The Bertz CT molecular complexity index is 931. The van der Waals surface area contributed by atoms with Crippen molar-refractivity contribution in [1.82, 2.24) is 5.32 Å². The quantitative estimate of drug-likeness (QED) is 0.516. The molecule has 4 nitrogen and oxygen atoms in total. The molecule has 1 atom stereocenters. The number of rotatable bonds is 9. The lowest BCUT2D eigenvalue weighted by atomic mass is 10.1. The van der Waals surface area contributed by atoms with Crippen molar-refractivity contribution in [3.05, 3.63) is 94.0 Å². The minimum absolute atomic E-state index is 0.415. The van der Waals surface area contributed by atoms with Gasteiger partial charge in [0, 0.05) is 13.1 Å². The van der Waals surface area contributed by atoms with E-state index >= 15 is 0 Å². The molecule has 0 aliphatic rings. The standard InChI is InChI=1S/C24H26ClNO3/c1-17-7-6-8-18(11-17)16-29-24-21(25)12-19(13-23(24)28-2)14-26-15-22(27)20-9-4-3-5-10-20/h3-13,22,26-27H,14-16H2,1-2H3/t22-/m0/s1. The maximum Gasteiger partial charge on any atom is 0.180 e. The van der Waals surface area contributed by atoms with Crippen molar-refractivity contribution in [2.45, 2.75) is 26.2 Å². The van der Waals surface area contributed by atoms with Crippen LogP contribution in [0.5, 0.6) is 11.5 Å². The van der Waals surface area contributed by atoms with Crippen LogP contribution in [0.15, 0.2) is 66.7 Å². The lowest BCUT2D eigenvalue weighted by molar-refractivity contribution is 0.174. The summed E-state index contributed by atoms with van der Waals surface area (Å²) in [5.41, 5.74) is 4.09. The summed E-state index contributed by atoms with van der Waals surface area (Å²) in [6, 6.07) is 21.5. The third kappa shape index (κ3) is 5.97. The number of aliphatic hydroxyl groups is 1. The second-order valence-corrected chi connectivity index (χ2v) is 7.35. The molecule has 152 valence electrons. The first-order valence-electron chi connectivity index (χ1n) is 9.55. The van der Waals surface area contributed by atoms with Gasteiger partial charge >= 0.3 is 0 Å². The number of halogens is 1. The first-order valence-corrected chi connectivity index (χ1v) is 9.93. The second-order valence-electron chi connectivity index (χ2n) is 6.94. The summed E-state index contributed by atoms with van der Waals surface area (Å²) < 4.78 is 11.4. The molecule has 0 bridgehead atoms. The van der Waals surface area contributed by atoms with E-state index in [9.17, 15) is 5.11 Å². The van der Waals surface area contributed by atoms with Gasteiger partial charge in [0.05, 0.1) is 18.2 Å². The van der Waals surface area contributed by atoms with Crippen molar-refractivity contribution in [2.24, 2.45) is 0 Å². The summed E-state index contributed by atoms with van der Waals surface area (Å²) in [6.45, 7) is 3.46. The van der Waals surface area contributed by atoms with Crippen LogP contribution in [0.3, 0.4) is 0 Å². The molecule has 2 N–H and O–H groups in total. The molecule has 0 aliphatic carbocycles.